The number of hydrogen-bond acceptors (Lipinski definition) is 4. The monoisotopic (exact) mass is 352 g/mol. The normalized spacial score (nSPS) is 17.6. The summed E-state index contributed by atoms with van der Waals surface area (Å²) < 4.78 is 0. The number of aryl methyl sites for hydroxylation is 1. The highest BCUT2D eigenvalue weighted by Gasteiger charge is 2.30. The molecule has 1 aliphatic heterocycles. The third kappa shape index (κ3) is 3.22. The topological polar surface area (TPSA) is 61.9 Å². The highest BCUT2D eigenvalue weighted by atomic mass is 32.1. The van der Waals surface area contributed by atoms with E-state index in [0.29, 0.717) is 5.69 Å². The summed E-state index contributed by atoms with van der Waals surface area (Å²) in [5.41, 5.74) is 2.48. The van der Waals surface area contributed by atoms with Crippen molar-refractivity contribution < 1.29 is 4.79 Å². The van der Waals surface area contributed by atoms with Gasteiger partial charge in [0.25, 0.3) is 5.91 Å². The lowest BCUT2D eigenvalue weighted by Crippen LogP contribution is -2.38. The standard InChI is InChI=1S/C19H20N4OS/c1-13-7-8-18(25-13)15-11-16(22-21-15)19(24)23-10-3-2-6-17(23)14-5-4-9-20-12-14/h4-5,7-9,11-12,17H,2-3,6,10H2,1H3,(H,21,22). The van der Waals surface area contributed by atoms with Crippen molar-refractivity contribution in [2.24, 2.45) is 0 Å². The Hall–Kier alpha value is -2.47. The van der Waals surface area contributed by atoms with Crippen molar-refractivity contribution in [2.75, 3.05) is 6.54 Å². The van der Waals surface area contributed by atoms with Crippen molar-refractivity contribution in [1.29, 1.82) is 0 Å². The van der Waals surface area contributed by atoms with Crippen molar-refractivity contribution >= 4 is 17.2 Å². The molecule has 0 aromatic carbocycles. The molecule has 1 amide bonds. The third-order valence-corrected chi connectivity index (χ3v) is 5.67. The number of thiophene rings is 1. The van der Waals surface area contributed by atoms with E-state index in [4.69, 9.17) is 0 Å². The Bertz CT molecular complexity index is 870. The lowest BCUT2D eigenvalue weighted by atomic mass is 9.96. The van der Waals surface area contributed by atoms with Crippen LogP contribution in [0.2, 0.25) is 0 Å². The molecule has 128 valence electrons. The zero-order chi connectivity index (χ0) is 17.2. The van der Waals surface area contributed by atoms with E-state index in [1.54, 1.807) is 17.5 Å². The number of nitrogens with zero attached hydrogens (tertiary/aromatic N) is 3. The number of aromatic amines is 1. The summed E-state index contributed by atoms with van der Waals surface area (Å²) in [6, 6.07) is 10.1. The summed E-state index contributed by atoms with van der Waals surface area (Å²) >= 11 is 1.69. The fourth-order valence-corrected chi connectivity index (χ4v) is 4.21. The number of hydrogen-bond donors (Lipinski definition) is 1. The summed E-state index contributed by atoms with van der Waals surface area (Å²) in [5, 5.41) is 7.29. The van der Waals surface area contributed by atoms with Gasteiger partial charge in [0.1, 0.15) is 0 Å². The maximum atomic E-state index is 13.1. The van der Waals surface area contributed by atoms with Crippen molar-refractivity contribution in [3.63, 3.8) is 0 Å². The largest absolute Gasteiger partial charge is 0.330 e. The van der Waals surface area contributed by atoms with Gasteiger partial charge >= 0.3 is 0 Å². The molecular formula is C19H20N4OS. The number of amides is 1. The Kier molecular flexibility index (Phi) is 4.36. The van der Waals surface area contributed by atoms with Crippen LogP contribution in [-0.2, 0) is 0 Å². The first-order valence-corrected chi connectivity index (χ1v) is 9.37. The third-order valence-electron chi connectivity index (χ3n) is 4.64. The van der Waals surface area contributed by atoms with Crippen LogP contribution >= 0.6 is 11.3 Å². The molecule has 6 heteroatoms. The molecule has 0 aliphatic carbocycles. The molecule has 0 spiro atoms. The van der Waals surface area contributed by atoms with Crippen LogP contribution in [0.5, 0.6) is 0 Å². The van der Waals surface area contributed by atoms with E-state index in [1.165, 1.54) is 4.88 Å². The van der Waals surface area contributed by atoms with Gasteiger partial charge in [0.15, 0.2) is 5.69 Å². The fourth-order valence-electron chi connectivity index (χ4n) is 3.38. The first-order chi connectivity index (χ1) is 12.2. The van der Waals surface area contributed by atoms with Gasteiger partial charge in [0, 0.05) is 23.8 Å². The maximum Gasteiger partial charge on any atom is 0.274 e. The van der Waals surface area contributed by atoms with E-state index in [9.17, 15) is 4.79 Å². The SMILES string of the molecule is Cc1ccc(-c2cc(C(=O)N3CCCCC3c3cccnc3)n[nH]2)s1. The Morgan fingerprint density at radius 2 is 2.24 bits per heavy atom. The molecule has 5 nitrogen and oxygen atoms in total. The molecule has 1 unspecified atom stereocenters. The van der Waals surface area contributed by atoms with Crippen LogP contribution in [-0.4, -0.2) is 32.5 Å². The summed E-state index contributed by atoms with van der Waals surface area (Å²) in [5.74, 6) is -0.00988. The van der Waals surface area contributed by atoms with Crippen molar-refractivity contribution in [3.8, 4) is 10.6 Å². The second-order valence-electron chi connectivity index (χ2n) is 6.37. The number of likely N-dealkylation sites (tertiary alicyclic amines) is 1. The zero-order valence-corrected chi connectivity index (χ0v) is 14.9. The molecule has 4 rings (SSSR count). The zero-order valence-electron chi connectivity index (χ0n) is 14.1. The predicted octanol–water partition coefficient (Wildman–Crippen LogP) is 4.21. The van der Waals surface area contributed by atoms with Crippen LogP contribution in [0, 0.1) is 6.92 Å². The van der Waals surface area contributed by atoms with E-state index >= 15 is 0 Å². The summed E-state index contributed by atoms with van der Waals surface area (Å²) in [6.07, 6.45) is 6.76. The number of aromatic nitrogens is 3. The molecule has 3 aromatic heterocycles. The highest BCUT2D eigenvalue weighted by molar-refractivity contribution is 7.15. The molecule has 1 aliphatic rings. The minimum Gasteiger partial charge on any atom is -0.330 e. The summed E-state index contributed by atoms with van der Waals surface area (Å²) in [6.45, 7) is 2.83. The Balaban J connectivity index is 1.60. The van der Waals surface area contributed by atoms with Gasteiger partial charge in [-0.05, 0) is 56.0 Å². The molecule has 3 aromatic rings. The second-order valence-corrected chi connectivity index (χ2v) is 7.66. The van der Waals surface area contributed by atoms with Crippen molar-refractivity contribution in [1.82, 2.24) is 20.1 Å². The molecule has 4 heterocycles. The van der Waals surface area contributed by atoms with Gasteiger partial charge in [-0.25, -0.2) is 0 Å². The summed E-state index contributed by atoms with van der Waals surface area (Å²) in [7, 11) is 0. The molecule has 0 saturated carbocycles. The number of nitrogens with one attached hydrogen (secondary N) is 1. The smallest absolute Gasteiger partial charge is 0.274 e. The first kappa shape index (κ1) is 16.0. The number of carbonyl (C=O) groups is 1. The average molecular weight is 352 g/mol. The number of pyridine rings is 1. The molecule has 0 radical (unpaired) electrons. The Morgan fingerprint density at radius 1 is 1.32 bits per heavy atom. The number of rotatable bonds is 3. The maximum absolute atomic E-state index is 13.1. The van der Waals surface area contributed by atoms with Crippen LogP contribution in [0.25, 0.3) is 10.6 Å². The minimum atomic E-state index is -0.00988. The molecule has 1 N–H and O–H groups in total. The van der Waals surface area contributed by atoms with Crippen molar-refractivity contribution in [2.45, 2.75) is 32.2 Å². The van der Waals surface area contributed by atoms with Crippen LogP contribution in [0.3, 0.4) is 0 Å². The van der Waals surface area contributed by atoms with E-state index in [1.807, 2.05) is 29.3 Å². The van der Waals surface area contributed by atoms with Crippen LogP contribution in [0.4, 0.5) is 0 Å². The second kappa shape index (κ2) is 6.80. The average Bonchev–Trinajstić information content (AvgIpc) is 3.31. The quantitative estimate of drug-likeness (QED) is 0.768. The van der Waals surface area contributed by atoms with Gasteiger partial charge in [0.05, 0.1) is 16.6 Å². The molecule has 1 saturated heterocycles. The van der Waals surface area contributed by atoms with E-state index in [-0.39, 0.29) is 11.9 Å². The molecule has 1 fully saturated rings. The van der Waals surface area contributed by atoms with Crippen LogP contribution < -0.4 is 0 Å². The lowest BCUT2D eigenvalue weighted by Gasteiger charge is -2.35. The number of H-pyrrole nitrogens is 1. The van der Waals surface area contributed by atoms with Gasteiger partial charge in [-0.2, -0.15) is 5.10 Å². The first-order valence-electron chi connectivity index (χ1n) is 8.55. The van der Waals surface area contributed by atoms with Gasteiger partial charge < -0.3 is 4.90 Å². The van der Waals surface area contributed by atoms with Gasteiger partial charge in [-0.15, -0.1) is 11.3 Å². The number of carbonyl (C=O) groups excluding carboxylic acids is 1. The molecule has 25 heavy (non-hydrogen) atoms. The Labute approximate surface area is 150 Å². The van der Waals surface area contributed by atoms with Crippen LogP contribution in [0.15, 0.2) is 42.7 Å². The molecular weight excluding hydrogens is 332 g/mol. The fraction of sp³-hybridized carbons (Fsp3) is 0.316. The molecule has 1 atom stereocenters. The van der Waals surface area contributed by atoms with Crippen molar-refractivity contribution in [3.05, 3.63) is 58.9 Å². The molecule has 0 bridgehead atoms. The lowest BCUT2D eigenvalue weighted by molar-refractivity contribution is 0.0605. The number of piperidine rings is 1. The van der Waals surface area contributed by atoms with E-state index in [2.05, 4.69) is 34.2 Å². The van der Waals surface area contributed by atoms with Gasteiger partial charge in [-0.1, -0.05) is 6.07 Å². The Morgan fingerprint density at radius 3 is 3.00 bits per heavy atom. The van der Waals surface area contributed by atoms with Gasteiger partial charge in [-0.3, -0.25) is 14.9 Å². The van der Waals surface area contributed by atoms with E-state index < -0.39 is 0 Å². The summed E-state index contributed by atoms with van der Waals surface area (Å²) in [4.78, 5) is 21.6. The van der Waals surface area contributed by atoms with Crippen LogP contribution in [0.1, 0.15) is 46.2 Å². The van der Waals surface area contributed by atoms with Gasteiger partial charge in [0.2, 0.25) is 0 Å². The highest BCUT2D eigenvalue weighted by Crippen LogP contribution is 2.32. The predicted molar refractivity (Wildman–Crippen MR) is 98.5 cm³/mol. The van der Waals surface area contributed by atoms with E-state index in [0.717, 1.165) is 41.9 Å². The minimum absolute atomic E-state index is 0.00988.